The largest absolute Gasteiger partial charge is 0.460 e. The van der Waals surface area contributed by atoms with Gasteiger partial charge in [-0.1, -0.05) is 29.8 Å². The number of carbonyl (C=O) groups excluding carboxylic acids is 1. The third kappa shape index (κ3) is 4.98. The standard InChI is InChI=1S/C21H26N2O6S2/c1-16-9-11-18(12-10-16)31(27,28)23-13-5-8-20(23)21(24)29-15-17-6-4-7-19(14-17)30(25,26)22(2)3/h4,6-7,9-12,14,20H,5,8,13,15H2,1-3H3. The molecule has 1 saturated heterocycles. The molecule has 8 nitrogen and oxygen atoms in total. The van der Waals surface area contributed by atoms with Crippen LogP contribution in [0.1, 0.15) is 24.0 Å². The summed E-state index contributed by atoms with van der Waals surface area (Å²) in [7, 11) is -4.56. The van der Waals surface area contributed by atoms with Gasteiger partial charge < -0.3 is 4.74 Å². The Morgan fingerprint density at radius 3 is 2.39 bits per heavy atom. The number of rotatable bonds is 7. The van der Waals surface area contributed by atoms with Gasteiger partial charge in [-0.2, -0.15) is 4.31 Å². The number of ether oxygens (including phenoxy) is 1. The number of hydrogen-bond donors (Lipinski definition) is 0. The molecule has 1 aliphatic heterocycles. The molecule has 10 heteroatoms. The number of carbonyl (C=O) groups is 1. The molecule has 0 aliphatic carbocycles. The number of hydrogen-bond acceptors (Lipinski definition) is 6. The average Bonchev–Trinajstić information content (AvgIpc) is 3.23. The van der Waals surface area contributed by atoms with Crippen molar-refractivity contribution in [3.05, 3.63) is 59.7 Å². The van der Waals surface area contributed by atoms with Gasteiger partial charge in [-0.25, -0.2) is 21.1 Å². The zero-order chi connectivity index (χ0) is 22.8. The normalized spacial score (nSPS) is 17.7. The maximum Gasteiger partial charge on any atom is 0.324 e. The van der Waals surface area contributed by atoms with Crippen molar-refractivity contribution in [2.75, 3.05) is 20.6 Å². The molecule has 2 aromatic carbocycles. The Labute approximate surface area is 183 Å². The molecule has 0 radical (unpaired) electrons. The second-order valence-electron chi connectivity index (χ2n) is 7.63. The van der Waals surface area contributed by atoms with Gasteiger partial charge in [0.2, 0.25) is 20.0 Å². The first-order valence-electron chi connectivity index (χ1n) is 9.80. The van der Waals surface area contributed by atoms with Crippen molar-refractivity contribution in [2.24, 2.45) is 0 Å². The van der Waals surface area contributed by atoms with Crippen molar-refractivity contribution in [1.82, 2.24) is 8.61 Å². The van der Waals surface area contributed by atoms with Crippen molar-refractivity contribution in [3.63, 3.8) is 0 Å². The molecule has 31 heavy (non-hydrogen) atoms. The quantitative estimate of drug-likeness (QED) is 0.580. The van der Waals surface area contributed by atoms with Crippen LogP contribution in [0.25, 0.3) is 0 Å². The lowest BCUT2D eigenvalue weighted by molar-refractivity contribution is -0.148. The maximum absolute atomic E-state index is 13.0. The highest BCUT2D eigenvalue weighted by atomic mass is 32.2. The van der Waals surface area contributed by atoms with E-state index in [0.717, 1.165) is 9.87 Å². The zero-order valence-electron chi connectivity index (χ0n) is 17.7. The Morgan fingerprint density at radius 1 is 1.06 bits per heavy atom. The van der Waals surface area contributed by atoms with Gasteiger partial charge in [0.1, 0.15) is 12.6 Å². The van der Waals surface area contributed by atoms with Gasteiger partial charge in [-0.05, 0) is 49.6 Å². The van der Waals surface area contributed by atoms with E-state index in [2.05, 4.69) is 0 Å². The van der Waals surface area contributed by atoms with E-state index in [0.29, 0.717) is 18.4 Å². The van der Waals surface area contributed by atoms with Crippen molar-refractivity contribution in [1.29, 1.82) is 0 Å². The van der Waals surface area contributed by atoms with E-state index in [1.54, 1.807) is 24.3 Å². The summed E-state index contributed by atoms with van der Waals surface area (Å²) in [4.78, 5) is 12.9. The van der Waals surface area contributed by atoms with Gasteiger partial charge in [-0.15, -0.1) is 0 Å². The number of esters is 1. The molecule has 0 saturated carbocycles. The molecule has 0 N–H and O–H groups in total. The fourth-order valence-electron chi connectivity index (χ4n) is 3.37. The van der Waals surface area contributed by atoms with Crippen LogP contribution >= 0.6 is 0 Å². The summed E-state index contributed by atoms with van der Waals surface area (Å²) >= 11 is 0. The summed E-state index contributed by atoms with van der Waals surface area (Å²) in [5, 5.41) is 0. The highest BCUT2D eigenvalue weighted by molar-refractivity contribution is 7.89. The Balaban J connectivity index is 1.73. The smallest absolute Gasteiger partial charge is 0.324 e. The summed E-state index contributed by atoms with van der Waals surface area (Å²) in [5.74, 6) is -0.644. The van der Waals surface area contributed by atoms with E-state index >= 15 is 0 Å². The number of sulfonamides is 2. The van der Waals surface area contributed by atoms with Crippen LogP contribution in [0.15, 0.2) is 58.3 Å². The fraction of sp³-hybridized carbons (Fsp3) is 0.381. The molecular weight excluding hydrogens is 440 g/mol. The van der Waals surface area contributed by atoms with Crippen LogP contribution in [0, 0.1) is 6.92 Å². The highest BCUT2D eigenvalue weighted by Gasteiger charge is 2.40. The molecule has 0 amide bonds. The van der Waals surface area contributed by atoms with Crippen molar-refractivity contribution in [3.8, 4) is 0 Å². The number of benzene rings is 2. The third-order valence-corrected chi connectivity index (χ3v) is 8.89. The van der Waals surface area contributed by atoms with Crippen LogP contribution in [0.2, 0.25) is 0 Å². The Morgan fingerprint density at radius 2 is 1.74 bits per heavy atom. The summed E-state index contributed by atoms with van der Waals surface area (Å²) in [6.45, 7) is 1.96. The summed E-state index contributed by atoms with van der Waals surface area (Å²) in [6, 6.07) is 11.7. The molecule has 0 spiro atoms. The minimum absolute atomic E-state index is 0.0930. The molecule has 168 valence electrons. The van der Waals surface area contributed by atoms with Crippen LogP contribution in [-0.2, 0) is 36.2 Å². The van der Waals surface area contributed by atoms with E-state index in [9.17, 15) is 21.6 Å². The van der Waals surface area contributed by atoms with Gasteiger partial charge in [0.25, 0.3) is 0 Å². The van der Waals surface area contributed by atoms with E-state index in [-0.39, 0.29) is 22.9 Å². The molecule has 0 bridgehead atoms. The zero-order valence-corrected chi connectivity index (χ0v) is 19.3. The lowest BCUT2D eigenvalue weighted by Crippen LogP contribution is -2.41. The van der Waals surface area contributed by atoms with E-state index in [1.165, 1.54) is 42.7 Å². The molecular formula is C21H26N2O6S2. The fourth-order valence-corrected chi connectivity index (χ4v) is 5.99. The summed E-state index contributed by atoms with van der Waals surface area (Å²) in [6.07, 6.45) is 0.931. The maximum atomic E-state index is 13.0. The van der Waals surface area contributed by atoms with Gasteiger partial charge >= 0.3 is 5.97 Å². The minimum Gasteiger partial charge on any atom is -0.460 e. The van der Waals surface area contributed by atoms with Crippen LogP contribution in [0.3, 0.4) is 0 Å². The Hall–Kier alpha value is -2.27. The second kappa shape index (κ2) is 9.07. The van der Waals surface area contributed by atoms with Crippen LogP contribution in [0.4, 0.5) is 0 Å². The first kappa shape index (κ1) is 23.4. The predicted molar refractivity (Wildman–Crippen MR) is 115 cm³/mol. The van der Waals surface area contributed by atoms with Crippen LogP contribution in [0.5, 0.6) is 0 Å². The van der Waals surface area contributed by atoms with Crippen molar-refractivity contribution < 1.29 is 26.4 Å². The minimum atomic E-state index is -3.82. The number of aryl methyl sites for hydroxylation is 1. The lowest BCUT2D eigenvalue weighted by atomic mass is 10.2. The molecule has 0 aromatic heterocycles. The molecule has 2 aromatic rings. The Kier molecular flexibility index (Phi) is 6.85. The molecule has 3 rings (SSSR count). The second-order valence-corrected chi connectivity index (χ2v) is 11.7. The molecule has 1 aliphatic rings. The molecule has 1 heterocycles. The molecule has 1 atom stereocenters. The van der Waals surface area contributed by atoms with Crippen LogP contribution in [-0.4, -0.2) is 58.1 Å². The topological polar surface area (TPSA) is 101 Å². The Bertz CT molecular complexity index is 1160. The monoisotopic (exact) mass is 466 g/mol. The van der Waals surface area contributed by atoms with Gasteiger partial charge in [0, 0.05) is 20.6 Å². The summed E-state index contributed by atoms with van der Waals surface area (Å²) < 4.78 is 58.2. The lowest BCUT2D eigenvalue weighted by Gasteiger charge is -2.23. The van der Waals surface area contributed by atoms with Crippen LogP contribution < -0.4 is 0 Å². The van der Waals surface area contributed by atoms with Gasteiger partial charge in [0.15, 0.2) is 0 Å². The first-order chi connectivity index (χ1) is 14.5. The molecule has 1 fully saturated rings. The molecule has 1 unspecified atom stereocenters. The van der Waals surface area contributed by atoms with E-state index in [1.807, 2.05) is 6.92 Å². The van der Waals surface area contributed by atoms with E-state index < -0.39 is 32.1 Å². The number of nitrogens with zero attached hydrogens (tertiary/aromatic N) is 2. The van der Waals surface area contributed by atoms with Crippen molar-refractivity contribution in [2.45, 2.75) is 42.2 Å². The SMILES string of the molecule is Cc1ccc(S(=O)(=O)N2CCCC2C(=O)OCc2cccc(S(=O)(=O)N(C)C)c2)cc1. The first-order valence-corrected chi connectivity index (χ1v) is 12.7. The van der Waals surface area contributed by atoms with Crippen molar-refractivity contribution >= 4 is 26.0 Å². The highest BCUT2D eigenvalue weighted by Crippen LogP contribution is 2.27. The van der Waals surface area contributed by atoms with Gasteiger partial charge in [-0.3, -0.25) is 4.79 Å². The van der Waals surface area contributed by atoms with E-state index in [4.69, 9.17) is 4.74 Å². The summed E-state index contributed by atoms with van der Waals surface area (Å²) in [5.41, 5.74) is 1.44. The predicted octanol–water partition coefficient (Wildman–Crippen LogP) is 2.14. The average molecular weight is 467 g/mol. The third-order valence-electron chi connectivity index (χ3n) is 5.16. The van der Waals surface area contributed by atoms with Gasteiger partial charge in [0.05, 0.1) is 9.79 Å².